The zero-order valence-electron chi connectivity index (χ0n) is 36.9. The molecule has 13 N–H and O–H groups in total. The zero-order chi connectivity index (χ0) is 47.7. The molecule has 7 aliphatic rings. The van der Waals surface area contributed by atoms with Gasteiger partial charge in [0.2, 0.25) is 0 Å². The Morgan fingerprint density at radius 2 is 1.23 bits per heavy atom. The van der Waals surface area contributed by atoms with E-state index in [1.165, 1.54) is 20.1 Å². The first kappa shape index (κ1) is 52.2. The maximum Gasteiger partial charge on any atom is 0.330 e. The summed E-state index contributed by atoms with van der Waals surface area (Å²) in [6.45, 7) is 0.205. The number of hydrogen-bond acceptors (Lipinski definition) is 23. The molecule has 0 spiro atoms. The number of carbonyl (C=O) groups is 1. The zero-order valence-corrected chi connectivity index (χ0v) is 36.9. The lowest BCUT2D eigenvalue weighted by Gasteiger charge is -2.53. The van der Waals surface area contributed by atoms with E-state index in [9.17, 15) is 71.2 Å². The first-order valence-corrected chi connectivity index (χ1v) is 23.1. The van der Waals surface area contributed by atoms with Crippen LogP contribution >= 0.6 is 0 Å². The molecule has 0 aromatic heterocycles. The van der Waals surface area contributed by atoms with Gasteiger partial charge in [-0.05, 0) is 70.1 Å². The molecule has 7 fully saturated rings. The average Bonchev–Trinajstić information content (AvgIpc) is 3.29. The average molecular weight is 955 g/mol. The molecule has 0 aromatic rings. The Labute approximate surface area is 381 Å². The van der Waals surface area contributed by atoms with Gasteiger partial charge in [-0.1, -0.05) is 6.08 Å². The minimum Gasteiger partial charge on any atom is -0.454 e. The molecule has 25 unspecified atom stereocenters. The molecule has 4 saturated heterocycles. The lowest BCUT2D eigenvalue weighted by Crippen LogP contribution is -2.64. The maximum absolute atomic E-state index is 12.7. The van der Waals surface area contributed by atoms with E-state index in [-0.39, 0.29) is 44.1 Å². The predicted octanol–water partition coefficient (Wildman–Crippen LogP) is -5.06. The normalized spacial score (nSPS) is 51.6. The van der Waals surface area contributed by atoms with Crippen molar-refractivity contribution in [3.8, 4) is 0 Å². The van der Waals surface area contributed by atoms with Crippen molar-refractivity contribution in [1.82, 2.24) is 0 Å². The molecule has 3 aliphatic carbocycles. The third-order valence-corrected chi connectivity index (χ3v) is 14.6. The van der Waals surface area contributed by atoms with Crippen molar-refractivity contribution in [2.75, 3.05) is 20.3 Å². The lowest BCUT2D eigenvalue weighted by molar-refractivity contribution is -0.352. The van der Waals surface area contributed by atoms with Gasteiger partial charge in [-0.3, -0.25) is 0 Å². The number of carbonyl (C=O) groups excluding carboxylic acids is 1. The van der Waals surface area contributed by atoms with Crippen LogP contribution in [0.4, 0.5) is 0 Å². The SMILES string of the molecule is COC1CC(C2OC3CC(O)CC(OC4OC(CO)C(O)C(O)C4O)C3CC2OC2OC(COC3OC(C)C(OC(=O)C=CC4CCC(O)CC4)C(O)C3O)C(O)C(O)C2O)CC(O)C1O. The molecule has 0 bridgehead atoms. The number of ether oxygens (including phenoxy) is 9. The van der Waals surface area contributed by atoms with Crippen molar-refractivity contribution in [3.63, 3.8) is 0 Å². The van der Waals surface area contributed by atoms with Crippen molar-refractivity contribution < 1.29 is 114 Å². The molecular formula is C43H70O23. The van der Waals surface area contributed by atoms with Gasteiger partial charge in [-0.15, -0.1) is 0 Å². The highest BCUT2D eigenvalue weighted by Crippen LogP contribution is 2.45. The van der Waals surface area contributed by atoms with Crippen LogP contribution in [0.5, 0.6) is 0 Å². The van der Waals surface area contributed by atoms with E-state index in [0.29, 0.717) is 25.7 Å². The fourth-order valence-electron chi connectivity index (χ4n) is 10.7. The lowest BCUT2D eigenvalue weighted by atomic mass is 9.72. The van der Waals surface area contributed by atoms with Crippen LogP contribution in [0.1, 0.15) is 64.7 Å². The number of rotatable bonds is 13. The van der Waals surface area contributed by atoms with Gasteiger partial charge >= 0.3 is 5.97 Å². The standard InChI is InChI=1S/C43H70O23/c1-16-39(66-29(48)8-5-17-3-6-19(45)7-4-17)35(54)38(57)41(60-16)59-15-28-32(51)34(53)37(56)43(65-28)63-26-13-21-23(61-40(26)18-9-22(47)30(49)25(10-18)58-2)11-20(46)12-24(21)62-42-36(55)33(52)31(50)27(14-44)64-42/h5,8,16-28,30-47,49-57H,3-4,6-7,9-15H2,1-2H3. The van der Waals surface area contributed by atoms with Crippen LogP contribution in [-0.2, 0) is 47.4 Å². The highest BCUT2D eigenvalue weighted by molar-refractivity contribution is 5.82. The number of aliphatic hydroxyl groups excluding tert-OH is 13. The maximum atomic E-state index is 12.7. The summed E-state index contributed by atoms with van der Waals surface area (Å²) in [7, 11) is 1.38. The molecule has 23 nitrogen and oxygen atoms in total. The molecule has 66 heavy (non-hydrogen) atoms. The van der Waals surface area contributed by atoms with E-state index in [4.69, 9.17) is 42.6 Å². The van der Waals surface area contributed by atoms with Gasteiger partial charge in [0, 0.05) is 25.5 Å². The van der Waals surface area contributed by atoms with E-state index in [1.807, 2.05) is 0 Å². The summed E-state index contributed by atoms with van der Waals surface area (Å²) in [6.07, 6.45) is -26.1. The van der Waals surface area contributed by atoms with E-state index in [0.717, 1.165) is 0 Å². The van der Waals surface area contributed by atoms with E-state index < -0.39 is 172 Å². The summed E-state index contributed by atoms with van der Waals surface area (Å²) >= 11 is 0. The number of methoxy groups -OCH3 is 1. The molecule has 0 aromatic carbocycles. The van der Waals surface area contributed by atoms with Crippen LogP contribution in [0.3, 0.4) is 0 Å². The molecule has 23 heteroatoms. The summed E-state index contributed by atoms with van der Waals surface area (Å²) in [6, 6.07) is 0. The monoisotopic (exact) mass is 954 g/mol. The molecule has 25 atom stereocenters. The molecule has 3 saturated carbocycles. The molecule has 0 amide bonds. The fraction of sp³-hybridized carbons (Fsp3) is 0.930. The first-order chi connectivity index (χ1) is 31.4. The second kappa shape index (κ2) is 22.6. The van der Waals surface area contributed by atoms with Crippen molar-refractivity contribution in [2.24, 2.45) is 17.8 Å². The highest BCUT2D eigenvalue weighted by atomic mass is 16.7. The predicted molar refractivity (Wildman–Crippen MR) is 217 cm³/mol. The van der Waals surface area contributed by atoms with Crippen LogP contribution < -0.4 is 0 Å². The van der Waals surface area contributed by atoms with Gasteiger partial charge in [-0.25, -0.2) is 4.79 Å². The Bertz CT molecular complexity index is 1570. The fourth-order valence-corrected chi connectivity index (χ4v) is 10.7. The topological polar surface area (TPSA) is 363 Å². The molecule has 7 rings (SSSR count). The number of fused-ring (bicyclic) bond motifs is 1. The minimum atomic E-state index is -1.87. The number of hydrogen-bond donors (Lipinski definition) is 13. The van der Waals surface area contributed by atoms with Crippen LogP contribution in [-0.4, -0.2) is 240 Å². The molecule has 380 valence electrons. The van der Waals surface area contributed by atoms with Crippen LogP contribution in [0.15, 0.2) is 12.2 Å². The summed E-state index contributed by atoms with van der Waals surface area (Å²) in [4.78, 5) is 12.7. The summed E-state index contributed by atoms with van der Waals surface area (Å²) in [5, 5.41) is 139. The number of aliphatic hydroxyl groups is 13. The van der Waals surface area contributed by atoms with Crippen LogP contribution in [0.25, 0.3) is 0 Å². The molecular weight excluding hydrogens is 884 g/mol. The first-order valence-electron chi connectivity index (χ1n) is 23.1. The molecule has 4 aliphatic heterocycles. The summed E-state index contributed by atoms with van der Waals surface area (Å²) in [5.41, 5.74) is 0. The Morgan fingerprint density at radius 3 is 1.88 bits per heavy atom. The Hall–Kier alpha value is -1.63. The van der Waals surface area contributed by atoms with E-state index in [2.05, 4.69) is 0 Å². The number of esters is 1. The van der Waals surface area contributed by atoms with Gasteiger partial charge < -0.3 is 109 Å². The Kier molecular flexibility index (Phi) is 17.9. The van der Waals surface area contributed by atoms with Gasteiger partial charge in [0.25, 0.3) is 0 Å². The Morgan fingerprint density at radius 1 is 0.606 bits per heavy atom. The van der Waals surface area contributed by atoms with E-state index >= 15 is 0 Å². The second-order valence-corrected chi connectivity index (χ2v) is 19.1. The summed E-state index contributed by atoms with van der Waals surface area (Å²) in [5.74, 6) is -1.88. The van der Waals surface area contributed by atoms with Crippen LogP contribution in [0, 0.1) is 17.8 Å². The number of allylic oxidation sites excluding steroid dienone is 1. The summed E-state index contributed by atoms with van der Waals surface area (Å²) < 4.78 is 53.4. The second-order valence-electron chi connectivity index (χ2n) is 19.1. The van der Waals surface area contributed by atoms with Crippen molar-refractivity contribution in [1.29, 1.82) is 0 Å². The van der Waals surface area contributed by atoms with Gasteiger partial charge in [0.15, 0.2) is 25.0 Å². The van der Waals surface area contributed by atoms with Gasteiger partial charge in [0.05, 0.1) is 68.1 Å². The smallest absolute Gasteiger partial charge is 0.330 e. The van der Waals surface area contributed by atoms with Crippen molar-refractivity contribution in [2.45, 2.75) is 212 Å². The van der Waals surface area contributed by atoms with Crippen molar-refractivity contribution >= 4 is 5.97 Å². The van der Waals surface area contributed by atoms with Crippen molar-refractivity contribution in [3.05, 3.63) is 12.2 Å². The van der Waals surface area contributed by atoms with Gasteiger partial charge in [-0.2, -0.15) is 0 Å². The molecule has 4 heterocycles. The Balaban J connectivity index is 1.03. The van der Waals surface area contributed by atoms with Gasteiger partial charge in [0.1, 0.15) is 67.1 Å². The largest absolute Gasteiger partial charge is 0.454 e. The highest BCUT2D eigenvalue weighted by Gasteiger charge is 2.55. The molecule has 0 radical (unpaired) electrons. The quantitative estimate of drug-likeness (QED) is 0.0607. The minimum absolute atomic E-state index is 0.000611. The van der Waals surface area contributed by atoms with Crippen LogP contribution in [0.2, 0.25) is 0 Å². The third-order valence-electron chi connectivity index (χ3n) is 14.6. The van der Waals surface area contributed by atoms with E-state index in [1.54, 1.807) is 6.08 Å². The third kappa shape index (κ3) is 11.6.